The van der Waals surface area contributed by atoms with Gasteiger partial charge in [-0.1, -0.05) is 12.1 Å². The van der Waals surface area contributed by atoms with Crippen LogP contribution in [-0.2, 0) is 0 Å². The first kappa shape index (κ1) is 15.0. The largest absolute Gasteiger partial charge is 0.301 e. The van der Waals surface area contributed by atoms with Crippen molar-refractivity contribution < 1.29 is 14.2 Å². The maximum absolute atomic E-state index is 12.7. The minimum Gasteiger partial charge on any atom is -0.272 e. The Hall–Kier alpha value is -3.36. The fraction of sp³-hybridized carbons (Fsp3) is 0. The van der Waals surface area contributed by atoms with Crippen molar-refractivity contribution in [1.29, 1.82) is 0 Å². The molecule has 0 saturated heterocycles. The van der Waals surface area contributed by atoms with Crippen LogP contribution in [0.5, 0.6) is 0 Å². The molecule has 0 radical (unpaired) electrons. The third-order valence-electron chi connectivity index (χ3n) is 2.66. The molecule has 22 heavy (non-hydrogen) atoms. The van der Waals surface area contributed by atoms with E-state index in [0.717, 1.165) is 12.1 Å². The van der Waals surface area contributed by atoms with E-state index in [9.17, 15) is 24.6 Å². The van der Waals surface area contributed by atoms with Gasteiger partial charge in [0.2, 0.25) is 0 Å². The van der Waals surface area contributed by atoms with Crippen molar-refractivity contribution in [3.63, 3.8) is 0 Å². The summed E-state index contributed by atoms with van der Waals surface area (Å²) in [6.45, 7) is 0. The lowest BCUT2D eigenvalue weighted by Gasteiger charge is -2.01. The molecule has 0 saturated carbocycles. The summed E-state index contributed by atoms with van der Waals surface area (Å²) in [4.78, 5) is 20.1. The maximum atomic E-state index is 12.7. The molecule has 2 aromatic rings. The Morgan fingerprint density at radius 2 is 1.73 bits per heavy atom. The van der Waals surface area contributed by atoms with E-state index in [1.165, 1.54) is 36.5 Å². The summed E-state index contributed by atoms with van der Waals surface area (Å²) in [7, 11) is 0. The minimum atomic E-state index is -0.747. The average molecular weight is 304 g/mol. The molecule has 0 atom stereocenters. The molecule has 0 aliphatic heterocycles. The average Bonchev–Trinajstić information content (AvgIpc) is 2.49. The molecule has 112 valence electrons. The van der Waals surface area contributed by atoms with Gasteiger partial charge >= 0.3 is 5.69 Å². The Balaban J connectivity index is 2.20. The quantitative estimate of drug-likeness (QED) is 0.518. The third-order valence-corrected chi connectivity index (χ3v) is 2.66. The number of anilines is 1. The molecule has 0 heterocycles. The number of hydrogen-bond acceptors (Lipinski definition) is 6. The molecule has 9 heteroatoms. The normalized spacial score (nSPS) is 10.6. The highest BCUT2D eigenvalue weighted by Crippen LogP contribution is 2.28. The SMILES string of the molecule is O=[N+]([O-])c1ccc(N/N=C/c2ccc(F)cc2)c([N+](=O)[O-])c1. The van der Waals surface area contributed by atoms with Gasteiger partial charge in [-0.25, -0.2) is 4.39 Å². The zero-order valence-electron chi connectivity index (χ0n) is 11.0. The van der Waals surface area contributed by atoms with Crippen LogP contribution in [0.2, 0.25) is 0 Å². The molecule has 2 rings (SSSR count). The Labute approximate surface area is 123 Å². The molecule has 0 amide bonds. The Morgan fingerprint density at radius 3 is 2.32 bits per heavy atom. The van der Waals surface area contributed by atoms with Crippen LogP contribution in [-0.4, -0.2) is 16.1 Å². The van der Waals surface area contributed by atoms with E-state index in [0.29, 0.717) is 5.56 Å². The smallest absolute Gasteiger partial charge is 0.272 e. The summed E-state index contributed by atoms with van der Waals surface area (Å²) in [6, 6.07) is 8.61. The van der Waals surface area contributed by atoms with Gasteiger partial charge in [0.05, 0.1) is 22.1 Å². The first-order valence-corrected chi connectivity index (χ1v) is 5.95. The molecule has 0 aliphatic rings. The van der Waals surface area contributed by atoms with Crippen molar-refractivity contribution in [2.24, 2.45) is 5.10 Å². The second-order valence-corrected chi connectivity index (χ2v) is 4.14. The number of non-ortho nitro benzene ring substituents is 1. The van der Waals surface area contributed by atoms with Gasteiger partial charge in [0.1, 0.15) is 11.5 Å². The van der Waals surface area contributed by atoms with Crippen molar-refractivity contribution in [3.8, 4) is 0 Å². The zero-order chi connectivity index (χ0) is 16.1. The number of rotatable bonds is 5. The van der Waals surface area contributed by atoms with Crippen LogP contribution < -0.4 is 5.43 Å². The molecule has 0 spiro atoms. The molecule has 0 unspecified atom stereocenters. The van der Waals surface area contributed by atoms with E-state index < -0.39 is 21.4 Å². The first-order valence-electron chi connectivity index (χ1n) is 5.95. The number of nitro benzene ring substituents is 2. The summed E-state index contributed by atoms with van der Waals surface area (Å²) < 4.78 is 12.7. The zero-order valence-corrected chi connectivity index (χ0v) is 11.0. The van der Waals surface area contributed by atoms with E-state index in [2.05, 4.69) is 10.5 Å². The van der Waals surface area contributed by atoms with Gasteiger partial charge in [-0.05, 0) is 23.8 Å². The van der Waals surface area contributed by atoms with Crippen molar-refractivity contribution in [1.82, 2.24) is 0 Å². The van der Waals surface area contributed by atoms with E-state index in [-0.39, 0.29) is 11.4 Å². The fourth-order valence-electron chi connectivity index (χ4n) is 1.60. The van der Waals surface area contributed by atoms with Gasteiger partial charge in [-0.2, -0.15) is 5.10 Å². The number of hydrogen-bond donors (Lipinski definition) is 1. The Bertz CT molecular complexity index is 746. The topological polar surface area (TPSA) is 111 Å². The van der Waals surface area contributed by atoms with E-state index in [4.69, 9.17) is 0 Å². The number of halogens is 1. The molecule has 0 aliphatic carbocycles. The second-order valence-electron chi connectivity index (χ2n) is 4.14. The van der Waals surface area contributed by atoms with E-state index in [1.807, 2.05) is 0 Å². The van der Waals surface area contributed by atoms with Crippen molar-refractivity contribution in [2.75, 3.05) is 5.43 Å². The summed E-state index contributed by atoms with van der Waals surface area (Å²) >= 11 is 0. The predicted molar refractivity (Wildman–Crippen MR) is 77.4 cm³/mol. The van der Waals surface area contributed by atoms with Crippen molar-refractivity contribution in [2.45, 2.75) is 0 Å². The summed E-state index contributed by atoms with van der Waals surface area (Å²) in [5, 5.41) is 25.3. The van der Waals surface area contributed by atoms with Crippen LogP contribution in [0.3, 0.4) is 0 Å². The van der Waals surface area contributed by atoms with Crippen molar-refractivity contribution in [3.05, 3.63) is 74.1 Å². The van der Waals surface area contributed by atoms with Crippen LogP contribution >= 0.6 is 0 Å². The lowest BCUT2D eigenvalue weighted by molar-refractivity contribution is -0.393. The Kier molecular flexibility index (Phi) is 4.37. The van der Waals surface area contributed by atoms with Gasteiger partial charge in [0.25, 0.3) is 5.69 Å². The highest BCUT2D eigenvalue weighted by atomic mass is 19.1. The van der Waals surface area contributed by atoms with Gasteiger partial charge in [0, 0.05) is 6.07 Å². The fourth-order valence-corrected chi connectivity index (χ4v) is 1.60. The first-order chi connectivity index (χ1) is 10.5. The lowest BCUT2D eigenvalue weighted by atomic mass is 10.2. The molecular weight excluding hydrogens is 295 g/mol. The highest BCUT2D eigenvalue weighted by Gasteiger charge is 2.18. The molecule has 0 bridgehead atoms. The number of nitro groups is 2. The maximum Gasteiger partial charge on any atom is 0.301 e. The van der Waals surface area contributed by atoms with E-state index >= 15 is 0 Å². The van der Waals surface area contributed by atoms with Crippen LogP contribution in [0.25, 0.3) is 0 Å². The molecule has 0 aromatic heterocycles. The van der Waals surface area contributed by atoms with Gasteiger partial charge in [-0.3, -0.25) is 25.7 Å². The van der Waals surface area contributed by atoms with Crippen LogP contribution in [0.15, 0.2) is 47.6 Å². The molecule has 2 aromatic carbocycles. The van der Waals surface area contributed by atoms with Crippen molar-refractivity contribution >= 4 is 23.3 Å². The summed E-state index contributed by atoms with van der Waals surface area (Å²) in [5.74, 6) is -0.392. The molecule has 0 fully saturated rings. The summed E-state index contributed by atoms with van der Waals surface area (Å²) in [5.41, 5.74) is 2.17. The number of nitrogens with one attached hydrogen (secondary N) is 1. The van der Waals surface area contributed by atoms with E-state index in [1.54, 1.807) is 0 Å². The molecule has 8 nitrogen and oxygen atoms in total. The Morgan fingerprint density at radius 1 is 1.05 bits per heavy atom. The third kappa shape index (κ3) is 3.60. The van der Waals surface area contributed by atoms with Gasteiger partial charge < -0.3 is 0 Å². The predicted octanol–water partition coefficient (Wildman–Crippen LogP) is 3.09. The standard InChI is InChI=1S/C13H9FN4O4/c14-10-3-1-9(2-4-10)8-15-16-12-6-5-11(17(19)20)7-13(12)18(21)22/h1-8,16H/b15-8+. The minimum absolute atomic E-state index is 0.00830. The molecule has 1 N–H and O–H groups in total. The van der Waals surface area contributed by atoms with Crippen LogP contribution in [0, 0.1) is 26.0 Å². The number of nitrogens with zero attached hydrogens (tertiary/aromatic N) is 3. The highest BCUT2D eigenvalue weighted by molar-refractivity contribution is 5.80. The van der Waals surface area contributed by atoms with Gasteiger partial charge in [0.15, 0.2) is 0 Å². The second kappa shape index (κ2) is 6.39. The number of benzene rings is 2. The lowest BCUT2D eigenvalue weighted by Crippen LogP contribution is -1.98. The molecular formula is C13H9FN4O4. The number of hydrazone groups is 1. The van der Waals surface area contributed by atoms with Crippen LogP contribution in [0.4, 0.5) is 21.5 Å². The summed E-state index contributed by atoms with van der Waals surface area (Å²) in [6.07, 6.45) is 1.34. The monoisotopic (exact) mass is 304 g/mol. The van der Waals surface area contributed by atoms with Crippen LogP contribution in [0.1, 0.15) is 5.56 Å². The van der Waals surface area contributed by atoms with Gasteiger partial charge in [-0.15, -0.1) is 0 Å².